The zero-order chi connectivity index (χ0) is 15.6. The maximum Gasteiger partial charge on any atom is 0.182 e. The molecule has 0 aromatic heterocycles. The topological polar surface area (TPSA) is 64.6 Å². The van der Waals surface area contributed by atoms with Crippen LogP contribution in [0, 0.1) is 5.82 Å². The highest BCUT2D eigenvalue weighted by Crippen LogP contribution is 2.44. The van der Waals surface area contributed by atoms with Gasteiger partial charge >= 0.3 is 0 Å². The number of methoxy groups -OCH3 is 2. The first-order valence-corrected chi connectivity index (χ1v) is 8.64. The van der Waals surface area contributed by atoms with E-state index < -0.39 is 20.5 Å². The van der Waals surface area contributed by atoms with Gasteiger partial charge in [0.2, 0.25) is 0 Å². The van der Waals surface area contributed by atoms with Crippen molar-refractivity contribution in [3.63, 3.8) is 0 Å². The molecule has 1 fully saturated rings. The lowest BCUT2D eigenvalue weighted by Gasteiger charge is -2.26. The van der Waals surface area contributed by atoms with Crippen molar-refractivity contribution in [3.8, 4) is 11.5 Å². The highest BCUT2D eigenvalue weighted by molar-refractivity contribution is 7.90. The zero-order valence-electron chi connectivity index (χ0n) is 12.4. The third-order valence-corrected chi connectivity index (χ3v) is 4.85. The minimum Gasteiger partial charge on any atom is -0.493 e. The van der Waals surface area contributed by atoms with E-state index in [1.165, 1.54) is 20.3 Å². The van der Waals surface area contributed by atoms with Gasteiger partial charge in [0.25, 0.3) is 0 Å². The first kappa shape index (κ1) is 16.0. The number of rotatable bonds is 4. The summed E-state index contributed by atoms with van der Waals surface area (Å²) in [5.74, 6) is -0.401. The van der Waals surface area contributed by atoms with E-state index in [9.17, 15) is 12.8 Å². The van der Waals surface area contributed by atoms with Gasteiger partial charge in [-0.1, -0.05) is 0 Å². The van der Waals surface area contributed by atoms with Crippen molar-refractivity contribution < 1.29 is 22.3 Å². The molecule has 0 atom stereocenters. The summed E-state index contributed by atoms with van der Waals surface area (Å²) in [5, 5.41) is 3.24. The normalized spacial score (nSPS) is 16.8. The fraction of sp³-hybridized carbons (Fsp3) is 0.571. The van der Waals surface area contributed by atoms with Gasteiger partial charge in [-0.3, -0.25) is 0 Å². The molecule has 1 N–H and O–H groups in total. The van der Waals surface area contributed by atoms with Crippen molar-refractivity contribution in [3.05, 3.63) is 17.4 Å². The number of halogens is 1. The standard InChI is InChI=1S/C14H20FNO4S/c1-19-12-10(9-4-6-16-7-5-9)8-11(15)14(13(12)20-2)21(3,17)18/h8-9,16H,4-7H2,1-3H3. The van der Waals surface area contributed by atoms with E-state index in [0.29, 0.717) is 11.3 Å². The number of hydrogen-bond acceptors (Lipinski definition) is 5. The third-order valence-electron chi connectivity index (χ3n) is 3.73. The maximum atomic E-state index is 14.3. The van der Waals surface area contributed by atoms with E-state index in [1.54, 1.807) is 0 Å². The molecule has 0 saturated carbocycles. The van der Waals surface area contributed by atoms with Crippen LogP contribution in [0.15, 0.2) is 11.0 Å². The van der Waals surface area contributed by atoms with Gasteiger partial charge in [-0.25, -0.2) is 12.8 Å². The fourth-order valence-corrected chi connectivity index (χ4v) is 3.71. The Bertz CT molecular complexity index is 624. The van der Waals surface area contributed by atoms with Gasteiger partial charge in [0, 0.05) is 11.8 Å². The summed E-state index contributed by atoms with van der Waals surface area (Å²) < 4.78 is 48.4. The quantitative estimate of drug-likeness (QED) is 0.916. The van der Waals surface area contributed by atoms with Gasteiger partial charge in [0.15, 0.2) is 21.3 Å². The molecular weight excluding hydrogens is 297 g/mol. The van der Waals surface area contributed by atoms with Crippen LogP contribution in [0.3, 0.4) is 0 Å². The molecule has 1 aliphatic heterocycles. The summed E-state index contributed by atoms with van der Waals surface area (Å²) in [4.78, 5) is -0.445. The average Bonchev–Trinajstić information content (AvgIpc) is 2.45. The van der Waals surface area contributed by atoms with E-state index in [1.807, 2.05) is 0 Å². The lowest BCUT2D eigenvalue weighted by molar-refractivity contribution is 0.331. The van der Waals surface area contributed by atoms with Crippen LogP contribution in [-0.2, 0) is 9.84 Å². The molecule has 0 radical (unpaired) electrons. The minimum absolute atomic E-state index is 0.0477. The molecule has 118 valence electrons. The number of benzene rings is 1. The Labute approximate surface area is 124 Å². The smallest absolute Gasteiger partial charge is 0.182 e. The molecule has 2 rings (SSSR count). The van der Waals surface area contributed by atoms with E-state index in [0.717, 1.165) is 32.2 Å². The maximum absolute atomic E-state index is 14.3. The number of nitrogens with one attached hydrogen (secondary N) is 1. The predicted octanol–water partition coefficient (Wildman–Crippen LogP) is 1.71. The van der Waals surface area contributed by atoms with Crippen LogP contribution < -0.4 is 14.8 Å². The molecule has 1 aliphatic rings. The molecule has 0 spiro atoms. The molecule has 1 heterocycles. The average molecular weight is 317 g/mol. The van der Waals surface area contributed by atoms with Crippen molar-refractivity contribution in [1.82, 2.24) is 5.32 Å². The van der Waals surface area contributed by atoms with Crippen molar-refractivity contribution >= 4 is 9.84 Å². The van der Waals surface area contributed by atoms with Crippen molar-refractivity contribution in [1.29, 1.82) is 0 Å². The van der Waals surface area contributed by atoms with Gasteiger partial charge in [-0.2, -0.15) is 0 Å². The Balaban J connectivity index is 2.65. The highest BCUT2D eigenvalue weighted by atomic mass is 32.2. The monoisotopic (exact) mass is 317 g/mol. The molecule has 1 aromatic carbocycles. The largest absolute Gasteiger partial charge is 0.493 e. The summed E-state index contributed by atoms with van der Waals surface area (Å²) >= 11 is 0. The molecule has 1 aromatic rings. The third kappa shape index (κ3) is 3.13. The van der Waals surface area contributed by atoms with Gasteiger partial charge in [-0.15, -0.1) is 0 Å². The van der Waals surface area contributed by atoms with Crippen LogP contribution in [0.2, 0.25) is 0 Å². The number of piperidine rings is 1. The zero-order valence-corrected chi connectivity index (χ0v) is 13.2. The number of sulfone groups is 1. The van der Waals surface area contributed by atoms with Crippen molar-refractivity contribution in [2.24, 2.45) is 0 Å². The Morgan fingerprint density at radius 3 is 2.24 bits per heavy atom. The molecule has 0 amide bonds. The van der Waals surface area contributed by atoms with E-state index >= 15 is 0 Å². The second-order valence-electron chi connectivity index (χ2n) is 5.14. The van der Waals surface area contributed by atoms with Gasteiger partial charge in [0.05, 0.1) is 14.2 Å². The molecule has 0 unspecified atom stereocenters. The summed E-state index contributed by atoms with van der Waals surface area (Å²) in [6.45, 7) is 1.68. The van der Waals surface area contributed by atoms with Crippen LogP contribution in [0.4, 0.5) is 4.39 Å². The Kier molecular flexibility index (Phi) is 4.73. The summed E-state index contributed by atoms with van der Waals surface area (Å²) in [5.41, 5.74) is 0.667. The first-order chi connectivity index (χ1) is 9.90. The van der Waals surface area contributed by atoms with E-state index in [-0.39, 0.29) is 11.7 Å². The Morgan fingerprint density at radius 1 is 1.19 bits per heavy atom. The SMILES string of the molecule is COc1c(C2CCNCC2)cc(F)c(S(C)(=O)=O)c1OC. The second kappa shape index (κ2) is 6.19. The predicted molar refractivity (Wildman–Crippen MR) is 77.5 cm³/mol. The molecule has 7 heteroatoms. The highest BCUT2D eigenvalue weighted by Gasteiger charge is 2.30. The van der Waals surface area contributed by atoms with Crippen LogP contribution in [0.25, 0.3) is 0 Å². The lowest BCUT2D eigenvalue weighted by Crippen LogP contribution is -2.27. The van der Waals surface area contributed by atoms with E-state index in [4.69, 9.17) is 9.47 Å². The second-order valence-corrected chi connectivity index (χ2v) is 7.09. The van der Waals surface area contributed by atoms with Crippen LogP contribution in [-0.4, -0.2) is 42.0 Å². The number of ether oxygens (including phenoxy) is 2. The fourth-order valence-electron chi connectivity index (χ4n) is 2.79. The number of hydrogen-bond donors (Lipinski definition) is 1. The van der Waals surface area contributed by atoms with Gasteiger partial charge in [0.1, 0.15) is 10.7 Å². The molecule has 21 heavy (non-hydrogen) atoms. The van der Waals surface area contributed by atoms with E-state index in [2.05, 4.69) is 5.32 Å². The lowest BCUT2D eigenvalue weighted by atomic mass is 9.89. The minimum atomic E-state index is -3.75. The molecular formula is C14H20FNO4S. The van der Waals surface area contributed by atoms with Crippen LogP contribution in [0.1, 0.15) is 24.3 Å². The molecule has 0 bridgehead atoms. The summed E-state index contributed by atoms with van der Waals surface area (Å²) in [6, 6.07) is 1.27. The Morgan fingerprint density at radius 2 is 1.76 bits per heavy atom. The first-order valence-electron chi connectivity index (χ1n) is 6.75. The molecule has 1 saturated heterocycles. The Hall–Kier alpha value is -1.34. The summed E-state index contributed by atoms with van der Waals surface area (Å²) in [7, 11) is -0.994. The molecule has 5 nitrogen and oxygen atoms in total. The van der Waals surface area contributed by atoms with Gasteiger partial charge < -0.3 is 14.8 Å². The van der Waals surface area contributed by atoms with Crippen molar-refractivity contribution in [2.45, 2.75) is 23.7 Å². The van der Waals surface area contributed by atoms with Crippen molar-refractivity contribution in [2.75, 3.05) is 33.6 Å². The van der Waals surface area contributed by atoms with Crippen LogP contribution >= 0.6 is 0 Å². The van der Waals surface area contributed by atoms with Crippen LogP contribution in [0.5, 0.6) is 11.5 Å². The molecule has 0 aliphatic carbocycles. The summed E-state index contributed by atoms with van der Waals surface area (Å²) in [6.07, 6.45) is 2.64. The van der Waals surface area contributed by atoms with Gasteiger partial charge in [-0.05, 0) is 37.9 Å².